The number of hydrogen-bond acceptors (Lipinski definition) is 5. The molecule has 1 aromatic rings. The first-order chi connectivity index (χ1) is 7.81. The minimum atomic E-state index is -2.96. The second-order valence-electron chi connectivity index (χ2n) is 4.26. The topological polar surface area (TPSA) is 76.3 Å². The molecule has 1 unspecified atom stereocenters. The number of sulfone groups is 1. The van der Waals surface area contributed by atoms with E-state index in [1.54, 1.807) is 6.20 Å². The van der Waals surface area contributed by atoms with Crippen molar-refractivity contribution in [3.8, 4) is 0 Å². The van der Waals surface area contributed by atoms with Crippen molar-refractivity contribution >= 4 is 15.7 Å². The van der Waals surface area contributed by atoms with Crippen LogP contribution in [0.3, 0.4) is 0 Å². The van der Waals surface area contributed by atoms with E-state index in [0.717, 1.165) is 11.4 Å². The predicted octanol–water partition coefficient (Wildman–Crippen LogP) is 0.582. The molecule has 1 aromatic heterocycles. The van der Waals surface area contributed by atoms with E-state index < -0.39 is 9.84 Å². The molecule has 17 heavy (non-hydrogen) atoms. The van der Waals surface area contributed by atoms with Gasteiger partial charge in [-0.3, -0.25) is 0 Å². The van der Waals surface area contributed by atoms with Crippen molar-refractivity contribution in [3.05, 3.63) is 23.9 Å². The van der Waals surface area contributed by atoms with Crippen LogP contribution in [-0.4, -0.2) is 39.0 Å². The van der Waals surface area contributed by atoms with Gasteiger partial charge in [-0.1, -0.05) is 6.07 Å². The summed E-state index contributed by atoms with van der Waals surface area (Å²) in [7, 11) is -1.14. The van der Waals surface area contributed by atoms with Crippen LogP contribution in [0.2, 0.25) is 0 Å². The Morgan fingerprint density at radius 2 is 2.18 bits per heavy atom. The summed E-state index contributed by atoms with van der Waals surface area (Å²) in [4.78, 5) is 6.07. The maximum absolute atomic E-state index is 11.1. The summed E-state index contributed by atoms with van der Waals surface area (Å²) in [5, 5.41) is 0. The molecule has 1 rings (SSSR count). The lowest BCUT2D eigenvalue weighted by Gasteiger charge is -2.22. The van der Waals surface area contributed by atoms with Crippen molar-refractivity contribution in [2.75, 3.05) is 30.5 Å². The predicted molar refractivity (Wildman–Crippen MR) is 69.8 cm³/mol. The third kappa shape index (κ3) is 4.32. The zero-order valence-electron chi connectivity index (χ0n) is 10.4. The monoisotopic (exact) mass is 257 g/mol. The third-order valence-corrected chi connectivity index (χ3v) is 3.39. The first-order valence-electron chi connectivity index (χ1n) is 5.40. The van der Waals surface area contributed by atoms with E-state index in [2.05, 4.69) is 4.98 Å². The van der Waals surface area contributed by atoms with Crippen LogP contribution < -0.4 is 10.6 Å². The summed E-state index contributed by atoms with van der Waals surface area (Å²) in [5.74, 6) is 0.851. The largest absolute Gasteiger partial charge is 0.358 e. The van der Waals surface area contributed by atoms with Gasteiger partial charge in [-0.2, -0.15) is 0 Å². The SMILES string of the molecule is CC(N)c1cccnc1N(C)CCS(C)(=O)=O. The van der Waals surface area contributed by atoms with E-state index in [9.17, 15) is 8.42 Å². The van der Waals surface area contributed by atoms with Gasteiger partial charge in [-0.25, -0.2) is 13.4 Å². The number of nitrogens with zero attached hydrogens (tertiary/aromatic N) is 2. The fraction of sp³-hybridized carbons (Fsp3) is 0.545. The van der Waals surface area contributed by atoms with Gasteiger partial charge in [0.25, 0.3) is 0 Å². The number of pyridine rings is 1. The molecule has 0 aromatic carbocycles. The van der Waals surface area contributed by atoms with Crippen molar-refractivity contribution in [1.82, 2.24) is 4.98 Å². The normalized spacial score (nSPS) is 13.4. The molecule has 0 aliphatic heterocycles. The summed E-state index contributed by atoms with van der Waals surface area (Å²) < 4.78 is 22.2. The zero-order valence-corrected chi connectivity index (χ0v) is 11.2. The lowest BCUT2D eigenvalue weighted by molar-refractivity contribution is 0.601. The number of anilines is 1. The van der Waals surface area contributed by atoms with E-state index in [4.69, 9.17) is 5.73 Å². The van der Waals surface area contributed by atoms with E-state index in [-0.39, 0.29) is 11.8 Å². The lowest BCUT2D eigenvalue weighted by atomic mass is 10.1. The quantitative estimate of drug-likeness (QED) is 0.835. The lowest BCUT2D eigenvalue weighted by Crippen LogP contribution is -2.27. The highest BCUT2D eigenvalue weighted by molar-refractivity contribution is 7.90. The second-order valence-corrected chi connectivity index (χ2v) is 6.52. The van der Waals surface area contributed by atoms with Gasteiger partial charge in [0, 0.05) is 37.7 Å². The van der Waals surface area contributed by atoms with Gasteiger partial charge >= 0.3 is 0 Å². The highest BCUT2D eigenvalue weighted by Gasteiger charge is 2.13. The average molecular weight is 257 g/mol. The van der Waals surface area contributed by atoms with Crippen LogP contribution in [-0.2, 0) is 9.84 Å². The Hall–Kier alpha value is -1.14. The Morgan fingerprint density at radius 3 is 2.71 bits per heavy atom. The minimum absolute atomic E-state index is 0.110. The molecule has 0 aliphatic rings. The Balaban J connectivity index is 2.85. The molecule has 96 valence electrons. The first-order valence-corrected chi connectivity index (χ1v) is 7.46. The minimum Gasteiger partial charge on any atom is -0.358 e. The molecule has 0 bridgehead atoms. The molecule has 1 atom stereocenters. The standard InChI is InChI=1S/C11H19N3O2S/c1-9(12)10-5-4-6-13-11(10)14(2)7-8-17(3,15)16/h4-6,9H,7-8,12H2,1-3H3. The van der Waals surface area contributed by atoms with Gasteiger partial charge in [0.15, 0.2) is 0 Å². The zero-order chi connectivity index (χ0) is 13.1. The molecule has 1 heterocycles. The fourth-order valence-electron chi connectivity index (χ4n) is 1.49. The molecule has 0 spiro atoms. The van der Waals surface area contributed by atoms with Gasteiger partial charge < -0.3 is 10.6 Å². The summed E-state index contributed by atoms with van der Waals surface area (Å²) in [5.41, 5.74) is 6.77. The summed E-state index contributed by atoms with van der Waals surface area (Å²) in [6.07, 6.45) is 2.91. The van der Waals surface area contributed by atoms with Crippen LogP contribution in [0.25, 0.3) is 0 Å². The number of rotatable bonds is 5. The summed E-state index contributed by atoms with van der Waals surface area (Å²) in [6.45, 7) is 2.29. The third-order valence-electron chi connectivity index (χ3n) is 2.47. The van der Waals surface area contributed by atoms with Crippen molar-refractivity contribution in [1.29, 1.82) is 0 Å². The van der Waals surface area contributed by atoms with Crippen LogP contribution >= 0.6 is 0 Å². The molecular formula is C11H19N3O2S. The summed E-state index contributed by atoms with van der Waals surface area (Å²) in [6, 6.07) is 3.61. The van der Waals surface area contributed by atoms with E-state index in [0.29, 0.717) is 6.54 Å². The van der Waals surface area contributed by atoms with Crippen LogP contribution in [0.1, 0.15) is 18.5 Å². The van der Waals surface area contributed by atoms with Crippen molar-refractivity contribution in [2.24, 2.45) is 5.73 Å². The van der Waals surface area contributed by atoms with Crippen LogP contribution in [0.4, 0.5) is 5.82 Å². The average Bonchev–Trinajstić information content (AvgIpc) is 2.25. The van der Waals surface area contributed by atoms with Crippen molar-refractivity contribution < 1.29 is 8.42 Å². The smallest absolute Gasteiger partial charge is 0.149 e. The Kier molecular flexibility index (Phi) is 4.47. The molecule has 5 nitrogen and oxygen atoms in total. The van der Waals surface area contributed by atoms with Gasteiger partial charge in [0.1, 0.15) is 15.7 Å². The van der Waals surface area contributed by atoms with E-state index >= 15 is 0 Å². The van der Waals surface area contributed by atoms with Gasteiger partial charge in [0.05, 0.1) is 5.75 Å². The molecule has 0 amide bonds. The van der Waals surface area contributed by atoms with Crippen LogP contribution in [0.15, 0.2) is 18.3 Å². The molecular weight excluding hydrogens is 238 g/mol. The number of nitrogens with two attached hydrogens (primary N) is 1. The van der Waals surface area contributed by atoms with Gasteiger partial charge in [-0.15, -0.1) is 0 Å². The Labute approximate surface area is 103 Å². The summed E-state index contributed by atoms with van der Waals surface area (Å²) >= 11 is 0. The van der Waals surface area contributed by atoms with E-state index in [1.165, 1.54) is 6.26 Å². The van der Waals surface area contributed by atoms with Crippen molar-refractivity contribution in [3.63, 3.8) is 0 Å². The Bertz CT molecular complexity index is 471. The molecule has 0 aliphatic carbocycles. The molecule has 6 heteroatoms. The highest BCUT2D eigenvalue weighted by atomic mass is 32.2. The number of hydrogen-bond donors (Lipinski definition) is 1. The van der Waals surface area contributed by atoms with Crippen molar-refractivity contribution in [2.45, 2.75) is 13.0 Å². The van der Waals surface area contributed by atoms with Crippen LogP contribution in [0, 0.1) is 0 Å². The first kappa shape index (κ1) is 13.9. The molecule has 2 N–H and O–H groups in total. The fourth-order valence-corrected chi connectivity index (χ4v) is 2.10. The molecule has 0 radical (unpaired) electrons. The van der Waals surface area contributed by atoms with Crippen LogP contribution in [0.5, 0.6) is 0 Å². The molecule has 0 saturated carbocycles. The molecule has 0 fully saturated rings. The number of aromatic nitrogens is 1. The van der Waals surface area contributed by atoms with Gasteiger partial charge in [-0.05, 0) is 13.0 Å². The highest BCUT2D eigenvalue weighted by Crippen LogP contribution is 2.20. The van der Waals surface area contributed by atoms with E-state index in [1.807, 2.05) is 31.0 Å². The Morgan fingerprint density at radius 1 is 1.53 bits per heavy atom. The molecule has 0 saturated heterocycles. The second kappa shape index (κ2) is 5.46. The maximum atomic E-state index is 11.1. The maximum Gasteiger partial charge on any atom is 0.149 e. The van der Waals surface area contributed by atoms with Gasteiger partial charge in [0.2, 0.25) is 0 Å².